The molecule has 4 heteroatoms. The molecule has 0 radical (unpaired) electrons. The van der Waals surface area contributed by atoms with Gasteiger partial charge in [-0.1, -0.05) is 88.4 Å². The maximum absolute atomic E-state index is 5.49. The van der Waals surface area contributed by atoms with Crippen LogP contribution in [0.3, 0.4) is 0 Å². The molecule has 0 N–H and O–H groups in total. The van der Waals surface area contributed by atoms with Crippen LogP contribution >= 0.6 is 0 Å². The van der Waals surface area contributed by atoms with Crippen LogP contribution < -0.4 is 0 Å². The van der Waals surface area contributed by atoms with Gasteiger partial charge >= 0.3 is 0 Å². The van der Waals surface area contributed by atoms with E-state index in [0.29, 0.717) is 25.0 Å². The smallest absolute Gasteiger partial charge is 0.0669 e. The highest BCUT2D eigenvalue weighted by atomic mass is 16.5. The van der Waals surface area contributed by atoms with Gasteiger partial charge in [0.2, 0.25) is 0 Å². The van der Waals surface area contributed by atoms with Crippen molar-refractivity contribution in [3.63, 3.8) is 0 Å². The van der Waals surface area contributed by atoms with Crippen molar-refractivity contribution in [1.29, 1.82) is 0 Å². The summed E-state index contributed by atoms with van der Waals surface area (Å²) in [6, 6.07) is 20.8. The minimum atomic E-state index is -0.258. The standard InChI is InChI=1S/C17H20O2.C13H28O2/c1-18-13-17(14-19-2,15-9-5-3-6-10-15)16-11-7-4-8-12-16;1-11(2)7-13(9-14-5,10-15-6)8-12(3)4/h3-12H,13-14H2,1-2H3;11-12H,7-10H2,1-6H3. The Morgan fingerprint density at radius 3 is 1.12 bits per heavy atom. The highest BCUT2D eigenvalue weighted by Crippen LogP contribution is 2.35. The fourth-order valence-corrected chi connectivity index (χ4v) is 5.25. The van der Waals surface area contributed by atoms with E-state index in [9.17, 15) is 0 Å². The highest BCUT2D eigenvalue weighted by molar-refractivity contribution is 5.39. The third-order valence-corrected chi connectivity index (χ3v) is 6.02. The molecule has 0 atom stereocenters. The molecule has 0 aromatic heterocycles. The highest BCUT2D eigenvalue weighted by Gasteiger charge is 2.34. The van der Waals surface area contributed by atoms with Gasteiger partial charge in [-0.3, -0.25) is 0 Å². The van der Waals surface area contributed by atoms with Crippen molar-refractivity contribution in [3.05, 3.63) is 71.8 Å². The maximum Gasteiger partial charge on any atom is 0.0669 e. The van der Waals surface area contributed by atoms with Gasteiger partial charge in [0.1, 0.15) is 0 Å². The molecular weight excluding hydrogens is 424 g/mol. The molecule has 0 amide bonds. The Hall–Kier alpha value is -1.72. The Labute approximate surface area is 209 Å². The minimum Gasteiger partial charge on any atom is -0.384 e. The molecule has 192 valence electrons. The molecule has 0 spiro atoms. The van der Waals surface area contributed by atoms with Crippen LogP contribution in [0.4, 0.5) is 0 Å². The van der Waals surface area contributed by atoms with Crippen LogP contribution in [0.5, 0.6) is 0 Å². The van der Waals surface area contributed by atoms with E-state index in [1.807, 2.05) is 12.1 Å². The normalized spacial score (nSPS) is 12.1. The summed E-state index contributed by atoms with van der Waals surface area (Å²) in [4.78, 5) is 0. The van der Waals surface area contributed by atoms with Crippen molar-refractivity contribution in [1.82, 2.24) is 0 Å². The van der Waals surface area contributed by atoms with Gasteiger partial charge in [0.15, 0.2) is 0 Å². The van der Waals surface area contributed by atoms with Crippen molar-refractivity contribution in [2.24, 2.45) is 17.3 Å². The third-order valence-electron chi connectivity index (χ3n) is 6.02. The predicted octanol–water partition coefficient (Wildman–Crippen LogP) is 6.62. The minimum absolute atomic E-state index is 0.200. The largest absolute Gasteiger partial charge is 0.384 e. The van der Waals surface area contributed by atoms with Crippen LogP contribution in [-0.4, -0.2) is 54.9 Å². The number of rotatable bonds is 14. The van der Waals surface area contributed by atoms with E-state index in [0.717, 1.165) is 13.2 Å². The van der Waals surface area contributed by atoms with Gasteiger partial charge in [0.05, 0.1) is 31.8 Å². The molecule has 0 aliphatic rings. The van der Waals surface area contributed by atoms with Gasteiger partial charge in [-0.15, -0.1) is 0 Å². The summed E-state index contributed by atoms with van der Waals surface area (Å²) in [5.74, 6) is 1.38. The van der Waals surface area contributed by atoms with Crippen LogP contribution in [0, 0.1) is 17.3 Å². The Kier molecular flexibility index (Phi) is 14.3. The van der Waals surface area contributed by atoms with Crippen LogP contribution in [0.1, 0.15) is 51.7 Å². The Bertz CT molecular complexity index is 677. The average Bonchev–Trinajstić information content (AvgIpc) is 2.80. The summed E-state index contributed by atoms with van der Waals surface area (Å²) in [6.07, 6.45) is 2.35. The van der Waals surface area contributed by atoms with Gasteiger partial charge in [-0.05, 0) is 35.8 Å². The molecule has 0 saturated heterocycles. The summed E-state index contributed by atoms with van der Waals surface area (Å²) >= 11 is 0. The maximum atomic E-state index is 5.49. The van der Waals surface area contributed by atoms with Crippen LogP contribution in [-0.2, 0) is 24.4 Å². The number of methoxy groups -OCH3 is 4. The molecule has 34 heavy (non-hydrogen) atoms. The fourth-order valence-electron chi connectivity index (χ4n) is 5.25. The van der Waals surface area contributed by atoms with Crippen molar-refractivity contribution < 1.29 is 18.9 Å². The molecular formula is C30H48O4. The van der Waals surface area contributed by atoms with Gasteiger partial charge in [-0.25, -0.2) is 0 Å². The molecule has 0 aliphatic heterocycles. The zero-order valence-electron chi connectivity index (χ0n) is 22.8. The second-order valence-corrected chi connectivity index (χ2v) is 10.2. The Morgan fingerprint density at radius 2 is 0.853 bits per heavy atom. The zero-order chi connectivity index (χ0) is 25.5. The lowest BCUT2D eigenvalue weighted by Gasteiger charge is -2.35. The van der Waals surface area contributed by atoms with Crippen molar-refractivity contribution in [3.8, 4) is 0 Å². The van der Waals surface area contributed by atoms with Gasteiger partial charge in [0, 0.05) is 33.9 Å². The SMILES string of the molecule is COCC(COC)(CC(C)C)CC(C)C.COCC(COC)(c1ccccc1)c1ccccc1. The number of ether oxygens (including phenoxy) is 4. The quantitative estimate of drug-likeness (QED) is 0.309. The first-order valence-electron chi connectivity index (χ1n) is 12.4. The lowest BCUT2D eigenvalue weighted by molar-refractivity contribution is -0.0163. The average molecular weight is 473 g/mol. The third kappa shape index (κ3) is 9.50. The van der Waals surface area contributed by atoms with Crippen LogP contribution in [0.15, 0.2) is 60.7 Å². The molecule has 0 unspecified atom stereocenters. The lowest BCUT2D eigenvalue weighted by Crippen LogP contribution is -2.37. The molecule has 2 rings (SSSR count). The zero-order valence-corrected chi connectivity index (χ0v) is 22.8. The molecule has 0 bridgehead atoms. The monoisotopic (exact) mass is 472 g/mol. The number of benzene rings is 2. The number of hydrogen-bond acceptors (Lipinski definition) is 4. The van der Waals surface area contributed by atoms with Crippen molar-refractivity contribution >= 4 is 0 Å². The number of hydrogen-bond donors (Lipinski definition) is 0. The van der Waals surface area contributed by atoms with Crippen LogP contribution in [0.2, 0.25) is 0 Å². The summed E-state index contributed by atoms with van der Waals surface area (Å²) < 4.78 is 21.7. The second kappa shape index (κ2) is 16.0. The van der Waals surface area contributed by atoms with E-state index < -0.39 is 0 Å². The topological polar surface area (TPSA) is 36.9 Å². The van der Waals surface area contributed by atoms with Gasteiger partial charge in [-0.2, -0.15) is 0 Å². The Balaban J connectivity index is 0.000000352. The van der Waals surface area contributed by atoms with Crippen LogP contribution in [0.25, 0.3) is 0 Å². The molecule has 2 aromatic rings. The van der Waals surface area contributed by atoms with E-state index in [1.165, 1.54) is 24.0 Å². The van der Waals surface area contributed by atoms with E-state index >= 15 is 0 Å². The lowest BCUT2D eigenvalue weighted by atomic mass is 9.75. The molecule has 0 saturated carbocycles. The van der Waals surface area contributed by atoms with E-state index in [-0.39, 0.29) is 10.8 Å². The van der Waals surface area contributed by atoms with E-state index in [2.05, 4.69) is 76.2 Å². The second-order valence-electron chi connectivity index (χ2n) is 10.2. The fraction of sp³-hybridized carbons (Fsp3) is 0.600. The van der Waals surface area contributed by atoms with Gasteiger partial charge in [0.25, 0.3) is 0 Å². The van der Waals surface area contributed by atoms with E-state index in [1.54, 1.807) is 28.4 Å². The first kappa shape index (κ1) is 30.3. The first-order valence-corrected chi connectivity index (χ1v) is 12.4. The van der Waals surface area contributed by atoms with E-state index in [4.69, 9.17) is 18.9 Å². The summed E-state index contributed by atoms with van der Waals surface area (Å²) in [7, 11) is 7.03. The Morgan fingerprint density at radius 1 is 0.529 bits per heavy atom. The molecule has 4 nitrogen and oxygen atoms in total. The molecule has 0 fully saturated rings. The summed E-state index contributed by atoms with van der Waals surface area (Å²) in [5.41, 5.74) is 2.37. The predicted molar refractivity (Wildman–Crippen MR) is 143 cm³/mol. The summed E-state index contributed by atoms with van der Waals surface area (Å²) in [5, 5.41) is 0. The van der Waals surface area contributed by atoms with Crippen molar-refractivity contribution in [2.75, 3.05) is 54.9 Å². The molecule has 0 aliphatic carbocycles. The first-order chi connectivity index (χ1) is 16.3. The van der Waals surface area contributed by atoms with Crippen molar-refractivity contribution in [2.45, 2.75) is 46.0 Å². The molecule has 0 heterocycles. The van der Waals surface area contributed by atoms with Gasteiger partial charge < -0.3 is 18.9 Å². The summed E-state index contributed by atoms with van der Waals surface area (Å²) in [6.45, 7) is 11.8. The molecule has 2 aromatic carbocycles.